The average Bonchev–Trinajstić information content (AvgIpc) is 2.58. The quantitative estimate of drug-likeness (QED) is 0.858. The first kappa shape index (κ1) is 14.7. The Balaban J connectivity index is 0.00000162. The summed E-state index contributed by atoms with van der Waals surface area (Å²) < 4.78 is 34.2. The highest BCUT2D eigenvalue weighted by Gasteiger charge is 2.43. The molecule has 0 spiro atoms. The van der Waals surface area contributed by atoms with Crippen LogP contribution in [0, 0.1) is 0 Å². The maximum atomic E-state index is 12.8. The fraction of sp³-hybridized carbons (Fsp3) is 0.333. The van der Waals surface area contributed by atoms with Gasteiger partial charge in [-0.1, -0.05) is 12.1 Å². The van der Waals surface area contributed by atoms with E-state index in [0.717, 1.165) is 12.0 Å². The lowest BCUT2D eigenvalue weighted by atomic mass is 10.0. The summed E-state index contributed by atoms with van der Waals surface area (Å²) in [7, 11) is 0. The van der Waals surface area contributed by atoms with Crippen LogP contribution >= 0.6 is 12.4 Å². The molecule has 2 N–H and O–H groups in total. The van der Waals surface area contributed by atoms with E-state index in [9.17, 15) is 8.78 Å². The molecule has 0 aromatic heterocycles. The molecule has 0 unspecified atom stereocenters. The molecule has 1 atom stereocenters. The number of rotatable bonds is 4. The summed E-state index contributed by atoms with van der Waals surface area (Å²) in [6.07, 6.45) is -0.335. The number of nitrogens with two attached hydrogens (primary N) is 1. The van der Waals surface area contributed by atoms with Crippen molar-refractivity contribution in [2.24, 2.45) is 5.73 Å². The molecule has 1 aliphatic heterocycles. The van der Waals surface area contributed by atoms with Gasteiger partial charge in [0.15, 0.2) is 11.5 Å². The Morgan fingerprint density at radius 1 is 1.33 bits per heavy atom. The second kappa shape index (κ2) is 5.54. The second-order valence-electron chi connectivity index (χ2n) is 3.85. The molecule has 0 radical (unpaired) electrons. The number of hydrogen-bond acceptors (Lipinski definition) is 3. The van der Waals surface area contributed by atoms with Gasteiger partial charge in [-0.2, -0.15) is 0 Å². The normalized spacial score (nSPS) is 16.8. The average molecular weight is 278 g/mol. The van der Waals surface area contributed by atoms with Gasteiger partial charge in [0, 0.05) is 6.04 Å². The monoisotopic (exact) mass is 277 g/mol. The van der Waals surface area contributed by atoms with Gasteiger partial charge in [-0.15, -0.1) is 27.8 Å². The van der Waals surface area contributed by atoms with Crippen molar-refractivity contribution < 1.29 is 18.3 Å². The summed E-state index contributed by atoms with van der Waals surface area (Å²) in [4.78, 5) is 0. The number of hydrogen-bond donors (Lipinski definition) is 1. The second-order valence-corrected chi connectivity index (χ2v) is 3.85. The lowest BCUT2D eigenvalue weighted by Gasteiger charge is -2.10. The lowest BCUT2D eigenvalue weighted by molar-refractivity contribution is -0.286. The van der Waals surface area contributed by atoms with Gasteiger partial charge in [0.2, 0.25) is 0 Å². The van der Waals surface area contributed by atoms with Crippen LogP contribution in [0.1, 0.15) is 24.4 Å². The van der Waals surface area contributed by atoms with Crippen molar-refractivity contribution in [2.75, 3.05) is 0 Å². The molecule has 0 bridgehead atoms. The molecule has 18 heavy (non-hydrogen) atoms. The largest absolute Gasteiger partial charge is 0.586 e. The van der Waals surface area contributed by atoms with E-state index in [1.807, 2.05) is 0 Å². The first-order valence-corrected chi connectivity index (χ1v) is 5.28. The Morgan fingerprint density at radius 2 is 2.00 bits per heavy atom. The zero-order valence-electron chi connectivity index (χ0n) is 9.57. The first-order valence-electron chi connectivity index (χ1n) is 5.28. The third-order valence-corrected chi connectivity index (χ3v) is 2.54. The molecule has 3 nitrogen and oxygen atoms in total. The number of alkyl halides is 2. The predicted molar refractivity (Wildman–Crippen MR) is 66.3 cm³/mol. The van der Waals surface area contributed by atoms with E-state index in [4.69, 9.17) is 5.73 Å². The van der Waals surface area contributed by atoms with Crippen molar-refractivity contribution in [1.82, 2.24) is 0 Å². The van der Waals surface area contributed by atoms with Crippen molar-refractivity contribution >= 4 is 12.4 Å². The highest BCUT2D eigenvalue weighted by molar-refractivity contribution is 5.85. The van der Waals surface area contributed by atoms with Crippen LogP contribution in [0.3, 0.4) is 0 Å². The number of halogens is 3. The molecule has 1 aromatic carbocycles. The van der Waals surface area contributed by atoms with Crippen LogP contribution in [-0.4, -0.2) is 6.29 Å². The minimum absolute atomic E-state index is 0. The molecule has 1 heterocycles. The van der Waals surface area contributed by atoms with Crippen LogP contribution in [0.5, 0.6) is 11.5 Å². The number of ether oxygens (including phenoxy) is 2. The maximum absolute atomic E-state index is 12.8. The molecule has 0 saturated carbocycles. The third kappa shape index (κ3) is 3.11. The SMILES string of the molecule is C=CCC[C@@H](N)c1ccc2c(c1)OC(F)(F)O2.Cl. The van der Waals surface area contributed by atoms with Gasteiger partial charge in [0.25, 0.3) is 0 Å². The van der Waals surface area contributed by atoms with Crippen molar-refractivity contribution in [3.05, 3.63) is 36.4 Å². The summed E-state index contributed by atoms with van der Waals surface area (Å²) >= 11 is 0. The highest BCUT2D eigenvalue weighted by Crippen LogP contribution is 2.42. The van der Waals surface area contributed by atoms with Crippen molar-refractivity contribution in [1.29, 1.82) is 0 Å². The summed E-state index contributed by atoms with van der Waals surface area (Å²) in [6.45, 7) is 3.60. The van der Waals surface area contributed by atoms with E-state index in [1.165, 1.54) is 12.1 Å². The third-order valence-electron chi connectivity index (χ3n) is 2.54. The molecule has 1 aliphatic rings. The standard InChI is InChI=1S/C12H13F2NO2.ClH/c1-2-3-4-9(15)8-5-6-10-11(7-8)17-12(13,14)16-10;/h2,5-7,9H,1,3-4,15H2;1H/t9-;/m1./s1. The van der Waals surface area contributed by atoms with Crippen LogP contribution in [0.2, 0.25) is 0 Å². The van der Waals surface area contributed by atoms with E-state index < -0.39 is 6.29 Å². The number of fused-ring (bicyclic) bond motifs is 1. The number of allylic oxidation sites excluding steroid dienone is 1. The van der Waals surface area contributed by atoms with E-state index in [-0.39, 0.29) is 29.9 Å². The first-order chi connectivity index (χ1) is 8.02. The molecule has 0 aliphatic carbocycles. The van der Waals surface area contributed by atoms with Crippen molar-refractivity contribution in [2.45, 2.75) is 25.2 Å². The summed E-state index contributed by atoms with van der Waals surface area (Å²) in [5.41, 5.74) is 6.65. The van der Waals surface area contributed by atoms with Crippen LogP contribution in [0.4, 0.5) is 8.78 Å². The molecule has 2 rings (SSSR count). The van der Waals surface area contributed by atoms with Crippen LogP contribution in [0.15, 0.2) is 30.9 Å². The van der Waals surface area contributed by atoms with Gasteiger partial charge >= 0.3 is 6.29 Å². The van der Waals surface area contributed by atoms with Crippen molar-refractivity contribution in [3.8, 4) is 11.5 Å². The van der Waals surface area contributed by atoms with Crippen LogP contribution < -0.4 is 15.2 Å². The summed E-state index contributed by atoms with van der Waals surface area (Å²) in [5, 5.41) is 0. The van der Waals surface area contributed by atoms with Gasteiger partial charge < -0.3 is 15.2 Å². The minimum Gasteiger partial charge on any atom is -0.395 e. The zero-order valence-corrected chi connectivity index (χ0v) is 10.4. The van der Waals surface area contributed by atoms with Gasteiger partial charge in [-0.05, 0) is 30.5 Å². The van der Waals surface area contributed by atoms with Crippen LogP contribution in [0.25, 0.3) is 0 Å². The molecular weight excluding hydrogens is 264 g/mol. The smallest absolute Gasteiger partial charge is 0.395 e. The zero-order chi connectivity index (χ0) is 12.5. The van der Waals surface area contributed by atoms with E-state index >= 15 is 0 Å². The Bertz CT molecular complexity index is 440. The fourth-order valence-electron chi connectivity index (χ4n) is 1.66. The molecule has 0 fully saturated rings. The minimum atomic E-state index is -3.58. The molecule has 100 valence electrons. The molecule has 6 heteroatoms. The van der Waals surface area contributed by atoms with Gasteiger partial charge in [-0.25, -0.2) is 0 Å². The highest BCUT2D eigenvalue weighted by atomic mass is 35.5. The molecule has 0 amide bonds. The number of benzene rings is 1. The summed E-state index contributed by atoms with van der Waals surface area (Å²) in [5.74, 6) is 0.0659. The van der Waals surface area contributed by atoms with E-state index in [0.29, 0.717) is 6.42 Å². The predicted octanol–water partition coefficient (Wildman–Crippen LogP) is 3.40. The molecular formula is C12H14ClF2NO2. The van der Waals surface area contributed by atoms with E-state index in [2.05, 4.69) is 16.1 Å². The van der Waals surface area contributed by atoms with Gasteiger partial charge in [0.05, 0.1) is 0 Å². The Kier molecular flexibility index (Phi) is 4.53. The molecule has 0 saturated heterocycles. The van der Waals surface area contributed by atoms with Crippen molar-refractivity contribution in [3.63, 3.8) is 0 Å². The van der Waals surface area contributed by atoms with Crippen LogP contribution in [-0.2, 0) is 0 Å². The summed E-state index contributed by atoms with van der Waals surface area (Å²) in [6, 6.07) is 4.37. The topological polar surface area (TPSA) is 44.5 Å². The Hall–Kier alpha value is -1.33. The lowest BCUT2D eigenvalue weighted by Crippen LogP contribution is -2.25. The van der Waals surface area contributed by atoms with Gasteiger partial charge in [0.1, 0.15) is 0 Å². The Labute approximate surface area is 110 Å². The fourth-order valence-corrected chi connectivity index (χ4v) is 1.66. The van der Waals surface area contributed by atoms with Gasteiger partial charge in [-0.3, -0.25) is 0 Å². The van der Waals surface area contributed by atoms with E-state index in [1.54, 1.807) is 12.1 Å². The maximum Gasteiger partial charge on any atom is 0.586 e. The molecule has 1 aromatic rings. The Morgan fingerprint density at radius 3 is 2.67 bits per heavy atom.